The molecule has 0 aliphatic carbocycles. The number of rotatable bonds is 6. The van der Waals surface area contributed by atoms with Gasteiger partial charge in [-0.2, -0.15) is 0 Å². The monoisotopic (exact) mass is 463 g/mol. The number of carbonyl (C=O) groups is 2. The zero-order valence-corrected chi connectivity index (χ0v) is 18.1. The van der Waals surface area contributed by atoms with Gasteiger partial charge in [-0.15, -0.1) is 0 Å². The number of nitrogens with one attached hydrogen (secondary N) is 1. The van der Waals surface area contributed by atoms with Gasteiger partial charge in [-0.05, 0) is 54.6 Å². The van der Waals surface area contributed by atoms with Crippen molar-refractivity contribution in [2.24, 2.45) is 0 Å². The van der Waals surface area contributed by atoms with Gasteiger partial charge >= 0.3 is 0 Å². The number of fused-ring (bicyclic) bond motifs is 2. The van der Waals surface area contributed by atoms with Crippen molar-refractivity contribution in [3.8, 4) is 17.2 Å². The molecule has 8 heteroatoms. The third-order valence-corrected chi connectivity index (χ3v) is 5.31. The van der Waals surface area contributed by atoms with Crippen LogP contribution in [0.2, 0.25) is 5.02 Å². The van der Waals surface area contributed by atoms with Crippen molar-refractivity contribution in [3.05, 3.63) is 83.1 Å². The van der Waals surface area contributed by atoms with Gasteiger partial charge in [-0.1, -0.05) is 23.7 Å². The summed E-state index contributed by atoms with van der Waals surface area (Å²) in [6.07, 6.45) is 0. The quantitative estimate of drug-likeness (QED) is 0.400. The zero-order chi connectivity index (χ0) is 22.8. The highest BCUT2D eigenvalue weighted by atomic mass is 35.5. The molecule has 0 radical (unpaired) electrons. The molecular weight excluding hydrogens is 446 g/mol. The van der Waals surface area contributed by atoms with Crippen LogP contribution >= 0.6 is 11.6 Å². The van der Waals surface area contributed by atoms with Crippen LogP contribution < -0.4 is 19.5 Å². The van der Waals surface area contributed by atoms with Crippen molar-refractivity contribution < 1.29 is 28.2 Å². The Morgan fingerprint density at radius 3 is 2.52 bits per heavy atom. The average Bonchev–Trinajstić information content (AvgIpc) is 3.21. The van der Waals surface area contributed by atoms with Crippen LogP contribution in [0, 0.1) is 0 Å². The molecule has 0 unspecified atom stereocenters. The summed E-state index contributed by atoms with van der Waals surface area (Å²) in [4.78, 5) is 26.0. The smallest absolute Gasteiger partial charge is 0.262 e. The lowest BCUT2D eigenvalue weighted by Crippen LogP contribution is -2.21. The third kappa shape index (κ3) is 4.36. The lowest BCUT2D eigenvalue weighted by molar-refractivity contribution is -0.118. The number of hydrogen-bond acceptors (Lipinski definition) is 6. The van der Waals surface area contributed by atoms with Crippen molar-refractivity contribution in [2.45, 2.75) is 0 Å². The first-order valence-electron chi connectivity index (χ1n) is 10.2. The highest BCUT2D eigenvalue weighted by Gasteiger charge is 2.25. The number of benzene rings is 3. The molecule has 0 fully saturated rings. The Morgan fingerprint density at radius 1 is 0.939 bits per heavy atom. The number of halogens is 1. The van der Waals surface area contributed by atoms with Gasteiger partial charge in [0.05, 0.1) is 5.69 Å². The molecule has 0 saturated carbocycles. The lowest BCUT2D eigenvalue weighted by Gasteiger charge is -2.18. The minimum Gasteiger partial charge on any atom is -0.486 e. The number of para-hydroxylation sites is 1. The van der Waals surface area contributed by atoms with Gasteiger partial charge in [0, 0.05) is 16.0 Å². The summed E-state index contributed by atoms with van der Waals surface area (Å²) in [5.41, 5.74) is 1.12. The van der Waals surface area contributed by atoms with E-state index in [-0.39, 0.29) is 18.1 Å². The van der Waals surface area contributed by atoms with E-state index in [9.17, 15) is 9.59 Å². The zero-order valence-electron chi connectivity index (χ0n) is 17.3. The fraction of sp³-hybridized carbons (Fsp3) is 0.120. The molecule has 4 aromatic rings. The molecule has 5 rings (SSSR count). The summed E-state index contributed by atoms with van der Waals surface area (Å²) < 4.78 is 22.5. The standard InChI is InChI=1S/C25H18ClNO6/c26-16-6-8-17(9-7-16)32-14-22(28)27-23-18-3-1-2-4-19(18)33-25(23)24(29)15-5-10-20-21(13-15)31-12-11-30-20/h1-10,13H,11-12,14H2,(H,27,28). The molecule has 1 aromatic heterocycles. The second-order valence-electron chi connectivity index (χ2n) is 7.28. The summed E-state index contributed by atoms with van der Waals surface area (Å²) >= 11 is 5.87. The summed E-state index contributed by atoms with van der Waals surface area (Å²) in [7, 11) is 0. The van der Waals surface area contributed by atoms with Crippen LogP contribution in [-0.2, 0) is 4.79 Å². The first-order valence-corrected chi connectivity index (χ1v) is 10.6. The van der Waals surface area contributed by atoms with E-state index in [4.69, 9.17) is 30.2 Å². The molecule has 1 N–H and O–H groups in total. The van der Waals surface area contributed by atoms with E-state index >= 15 is 0 Å². The maximum Gasteiger partial charge on any atom is 0.262 e. The number of ketones is 1. The van der Waals surface area contributed by atoms with E-state index in [0.717, 1.165) is 0 Å². The average molecular weight is 464 g/mol. The normalized spacial score (nSPS) is 12.4. The van der Waals surface area contributed by atoms with E-state index in [0.29, 0.717) is 52.0 Å². The minimum absolute atomic E-state index is 0.0210. The van der Waals surface area contributed by atoms with Gasteiger partial charge in [0.1, 0.15) is 24.5 Å². The Kier molecular flexibility index (Phi) is 5.62. The van der Waals surface area contributed by atoms with Gasteiger partial charge in [0.25, 0.3) is 5.91 Å². The van der Waals surface area contributed by atoms with Crippen LogP contribution in [0.15, 0.2) is 71.1 Å². The fourth-order valence-electron chi connectivity index (χ4n) is 3.50. The molecule has 33 heavy (non-hydrogen) atoms. The lowest BCUT2D eigenvalue weighted by atomic mass is 10.1. The molecule has 0 spiro atoms. The second-order valence-corrected chi connectivity index (χ2v) is 7.72. The van der Waals surface area contributed by atoms with Gasteiger partial charge < -0.3 is 23.9 Å². The summed E-state index contributed by atoms with van der Waals surface area (Å²) in [6.45, 7) is 0.612. The predicted molar refractivity (Wildman–Crippen MR) is 123 cm³/mol. The Labute approximate surface area is 193 Å². The molecule has 7 nitrogen and oxygen atoms in total. The van der Waals surface area contributed by atoms with Gasteiger partial charge in [0.2, 0.25) is 5.78 Å². The van der Waals surface area contributed by atoms with Crippen LogP contribution in [0.5, 0.6) is 17.2 Å². The Balaban J connectivity index is 1.42. The maximum absolute atomic E-state index is 13.3. The van der Waals surface area contributed by atoms with Crippen LogP contribution in [0.1, 0.15) is 16.1 Å². The maximum atomic E-state index is 13.3. The highest BCUT2D eigenvalue weighted by molar-refractivity contribution is 6.30. The Hall–Kier alpha value is -3.97. The van der Waals surface area contributed by atoms with Crippen LogP contribution in [0.3, 0.4) is 0 Å². The minimum atomic E-state index is -0.437. The summed E-state index contributed by atoms with van der Waals surface area (Å²) in [5, 5.41) is 3.95. The van der Waals surface area contributed by atoms with Crippen molar-refractivity contribution in [1.82, 2.24) is 0 Å². The molecule has 3 aromatic carbocycles. The molecule has 0 bridgehead atoms. The van der Waals surface area contributed by atoms with E-state index in [1.165, 1.54) is 0 Å². The molecular formula is C25H18ClNO6. The number of hydrogen-bond donors (Lipinski definition) is 1. The highest BCUT2D eigenvalue weighted by Crippen LogP contribution is 2.35. The van der Waals surface area contributed by atoms with Crippen LogP contribution in [-0.4, -0.2) is 31.5 Å². The summed E-state index contributed by atoms with van der Waals surface area (Å²) in [6, 6.07) is 18.7. The first kappa shape index (κ1) is 20.9. The molecule has 1 aliphatic heterocycles. The van der Waals surface area contributed by atoms with E-state index < -0.39 is 11.7 Å². The van der Waals surface area contributed by atoms with Gasteiger partial charge in [-0.3, -0.25) is 9.59 Å². The molecule has 0 atom stereocenters. The molecule has 1 amide bonds. The number of ether oxygens (including phenoxy) is 3. The number of amides is 1. The summed E-state index contributed by atoms with van der Waals surface area (Å²) in [5.74, 6) is 0.761. The van der Waals surface area contributed by atoms with Crippen LogP contribution in [0.4, 0.5) is 5.69 Å². The number of furan rings is 1. The van der Waals surface area contributed by atoms with Crippen molar-refractivity contribution in [2.75, 3.05) is 25.1 Å². The molecule has 1 aliphatic rings. The van der Waals surface area contributed by atoms with E-state index in [1.807, 2.05) is 0 Å². The van der Waals surface area contributed by atoms with Gasteiger partial charge in [0.15, 0.2) is 23.9 Å². The largest absolute Gasteiger partial charge is 0.486 e. The van der Waals surface area contributed by atoms with Gasteiger partial charge in [-0.25, -0.2) is 0 Å². The predicted octanol–water partition coefficient (Wildman–Crippen LogP) is 5.11. The Morgan fingerprint density at radius 2 is 1.70 bits per heavy atom. The first-order chi connectivity index (χ1) is 16.1. The van der Waals surface area contributed by atoms with Crippen molar-refractivity contribution >= 4 is 39.9 Å². The second kappa shape index (κ2) is 8.88. The van der Waals surface area contributed by atoms with Crippen LogP contribution in [0.25, 0.3) is 11.0 Å². The topological polar surface area (TPSA) is 87.0 Å². The number of anilines is 1. The SMILES string of the molecule is O=C(COc1ccc(Cl)cc1)Nc1c(C(=O)c2ccc3c(c2)OCCO3)oc2ccccc12. The van der Waals surface area contributed by atoms with Crippen molar-refractivity contribution in [3.63, 3.8) is 0 Å². The Bertz CT molecular complexity index is 1350. The fourth-order valence-corrected chi connectivity index (χ4v) is 3.63. The molecule has 166 valence electrons. The third-order valence-electron chi connectivity index (χ3n) is 5.05. The molecule has 2 heterocycles. The molecule has 0 saturated heterocycles. The van der Waals surface area contributed by atoms with Crippen molar-refractivity contribution in [1.29, 1.82) is 0 Å². The number of carbonyl (C=O) groups excluding carboxylic acids is 2. The van der Waals surface area contributed by atoms with E-state index in [2.05, 4.69) is 5.32 Å². The van der Waals surface area contributed by atoms with E-state index in [1.54, 1.807) is 66.7 Å².